The van der Waals surface area contributed by atoms with Gasteiger partial charge in [-0.2, -0.15) is 0 Å². The number of pyridine rings is 1. The summed E-state index contributed by atoms with van der Waals surface area (Å²) >= 11 is 0. The third-order valence-electron chi connectivity index (χ3n) is 2.66. The molecule has 0 aliphatic heterocycles. The summed E-state index contributed by atoms with van der Waals surface area (Å²) in [4.78, 5) is 15.5. The van der Waals surface area contributed by atoms with Crippen LogP contribution < -0.4 is 0 Å². The first-order valence-corrected chi connectivity index (χ1v) is 5.55. The van der Waals surface area contributed by atoms with E-state index in [-0.39, 0.29) is 11.8 Å². The smallest absolute Gasteiger partial charge is 0.396 e. The van der Waals surface area contributed by atoms with Crippen LogP contribution in [-0.2, 0) is 4.74 Å². The predicted molar refractivity (Wildman–Crippen MR) is 66.4 cm³/mol. The van der Waals surface area contributed by atoms with Crippen molar-refractivity contribution in [2.24, 2.45) is 0 Å². The number of ether oxygens (including phenoxy) is 1. The fourth-order valence-corrected chi connectivity index (χ4v) is 1.78. The van der Waals surface area contributed by atoms with E-state index in [4.69, 9.17) is 4.42 Å². The third-order valence-corrected chi connectivity index (χ3v) is 2.66. The van der Waals surface area contributed by atoms with Gasteiger partial charge in [-0.15, -0.1) is 10.2 Å². The quantitative estimate of drug-likeness (QED) is 0.652. The van der Waals surface area contributed by atoms with E-state index in [0.717, 1.165) is 16.5 Å². The van der Waals surface area contributed by atoms with Crippen LogP contribution in [0.15, 0.2) is 40.9 Å². The van der Waals surface area contributed by atoms with Gasteiger partial charge in [0.2, 0.25) is 5.89 Å². The fraction of sp³-hybridized carbons (Fsp3) is 0.0769. The van der Waals surface area contributed by atoms with Crippen molar-refractivity contribution in [2.45, 2.75) is 0 Å². The number of hydrogen-bond acceptors (Lipinski definition) is 6. The standard InChI is InChI=1S/C13H9N3O3/c1-18-13(17)12-16-15-11(19-12)9-6-7-14-10-5-3-2-4-8(9)10/h2-7H,1H3. The number of hydrogen-bond donors (Lipinski definition) is 0. The van der Waals surface area contributed by atoms with Crippen LogP contribution >= 0.6 is 0 Å². The molecule has 0 fully saturated rings. The van der Waals surface area contributed by atoms with Crippen molar-refractivity contribution >= 4 is 16.9 Å². The average Bonchev–Trinajstić information content (AvgIpc) is 2.95. The van der Waals surface area contributed by atoms with Gasteiger partial charge in [-0.25, -0.2) is 4.79 Å². The van der Waals surface area contributed by atoms with Crippen LogP contribution in [0.4, 0.5) is 0 Å². The van der Waals surface area contributed by atoms with Crippen molar-refractivity contribution < 1.29 is 13.9 Å². The molecule has 0 aliphatic carbocycles. The van der Waals surface area contributed by atoms with Crippen LogP contribution in [0.3, 0.4) is 0 Å². The lowest BCUT2D eigenvalue weighted by Crippen LogP contribution is -2.00. The molecular formula is C13H9N3O3. The number of nitrogens with zero attached hydrogens (tertiary/aromatic N) is 3. The van der Waals surface area contributed by atoms with Crippen molar-refractivity contribution in [1.82, 2.24) is 15.2 Å². The van der Waals surface area contributed by atoms with E-state index in [0.29, 0.717) is 0 Å². The topological polar surface area (TPSA) is 78.1 Å². The van der Waals surface area contributed by atoms with Crippen LogP contribution in [0.1, 0.15) is 10.7 Å². The zero-order chi connectivity index (χ0) is 13.2. The number of benzene rings is 1. The van der Waals surface area contributed by atoms with Crippen LogP contribution in [0, 0.1) is 0 Å². The summed E-state index contributed by atoms with van der Waals surface area (Å²) in [5, 5.41) is 8.40. The van der Waals surface area contributed by atoms with Gasteiger partial charge in [-0.1, -0.05) is 18.2 Å². The molecule has 1 aromatic carbocycles. The lowest BCUT2D eigenvalue weighted by atomic mass is 10.1. The molecule has 3 aromatic rings. The van der Waals surface area contributed by atoms with Crippen LogP contribution in [0.5, 0.6) is 0 Å². The Kier molecular flexibility index (Phi) is 2.68. The molecule has 0 radical (unpaired) electrons. The average molecular weight is 255 g/mol. The molecule has 6 nitrogen and oxygen atoms in total. The highest BCUT2D eigenvalue weighted by atomic mass is 16.5. The molecule has 0 saturated heterocycles. The fourth-order valence-electron chi connectivity index (χ4n) is 1.78. The Labute approximate surface area is 108 Å². The van der Waals surface area contributed by atoms with E-state index in [1.807, 2.05) is 24.3 Å². The second kappa shape index (κ2) is 4.49. The molecule has 0 saturated carbocycles. The van der Waals surface area contributed by atoms with Gasteiger partial charge in [-0.05, 0) is 12.1 Å². The van der Waals surface area contributed by atoms with Gasteiger partial charge >= 0.3 is 11.9 Å². The molecule has 0 bridgehead atoms. The summed E-state index contributed by atoms with van der Waals surface area (Å²) in [6.45, 7) is 0. The van der Waals surface area contributed by atoms with Gasteiger partial charge < -0.3 is 9.15 Å². The highest BCUT2D eigenvalue weighted by molar-refractivity contribution is 5.92. The van der Waals surface area contributed by atoms with Crippen LogP contribution in [0.25, 0.3) is 22.4 Å². The Balaban J connectivity index is 2.14. The van der Waals surface area contributed by atoms with E-state index < -0.39 is 5.97 Å². The minimum Gasteiger partial charge on any atom is -0.462 e. The highest BCUT2D eigenvalue weighted by Gasteiger charge is 2.17. The summed E-state index contributed by atoms with van der Waals surface area (Å²) in [5.41, 5.74) is 1.55. The predicted octanol–water partition coefficient (Wildman–Crippen LogP) is 2.07. The first-order valence-electron chi connectivity index (χ1n) is 5.55. The molecule has 0 unspecified atom stereocenters. The Hall–Kier alpha value is -2.76. The van der Waals surface area contributed by atoms with Crippen molar-refractivity contribution in [2.75, 3.05) is 7.11 Å². The molecule has 0 N–H and O–H groups in total. The van der Waals surface area contributed by atoms with Gasteiger partial charge in [0.25, 0.3) is 0 Å². The van der Waals surface area contributed by atoms with Crippen molar-refractivity contribution in [3.8, 4) is 11.5 Å². The Morgan fingerprint density at radius 2 is 2.05 bits per heavy atom. The molecule has 19 heavy (non-hydrogen) atoms. The summed E-state index contributed by atoms with van der Waals surface area (Å²) in [6.07, 6.45) is 1.65. The molecule has 0 aliphatic rings. The summed E-state index contributed by atoms with van der Waals surface area (Å²) < 4.78 is 9.83. The Morgan fingerprint density at radius 1 is 1.21 bits per heavy atom. The van der Waals surface area contributed by atoms with Crippen molar-refractivity contribution in [1.29, 1.82) is 0 Å². The maximum atomic E-state index is 11.3. The third kappa shape index (κ3) is 1.93. The first-order chi connectivity index (χ1) is 9.29. The molecule has 6 heteroatoms. The summed E-state index contributed by atoms with van der Waals surface area (Å²) in [6, 6.07) is 9.34. The van der Waals surface area contributed by atoms with E-state index >= 15 is 0 Å². The largest absolute Gasteiger partial charge is 0.462 e. The number of carbonyl (C=O) groups excluding carboxylic acids is 1. The Morgan fingerprint density at radius 3 is 2.89 bits per heavy atom. The zero-order valence-electron chi connectivity index (χ0n) is 10.0. The highest BCUT2D eigenvalue weighted by Crippen LogP contribution is 2.26. The second-order valence-corrected chi connectivity index (χ2v) is 3.78. The number of fused-ring (bicyclic) bond motifs is 1. The molecule has 3 rings (SSSR count). The molecule has 0 amide bonds. The summed E-state index contributed by atoms with van der Waals surface area (Å²) in [7, 11) is 1.26. The summed E-state index contributed by atoms with van der Waals surface area (Å²) in [5.74, 6) is -0.561. The molecular weight excluding hydrogens is 246 g/mol. The molecule has 0 atom stereocenters. The molecule has 0 spiro atoms. The minimum atomic E-state index is -0.655. The van der Waals surface area contributed by atoms with E-state index in [1.165, 1.54) is 7.11 Å². The lowest BCUT2D eigenvalue weighted by Gasteiger charge is -2.00. The van der Waals surface area contributed by atoms with E-state index in [2.05, 4.69) is 19.9 Å². The first kappa shape index (κ1) is 11.3. The monoisotopic (exact) mass is 255 g/mol. The number of para-hydroxylation sites is 1. The van der Waals surface area contributed by atoms with Gasteiger partial charge in [0.15, 0.2) is 0 Å². The number of aromatic nitrogens is 3. The van der Waals surface area contributed by atoms with Gasteiger partial charge in [-0.3, -0.25) is 4.98 Å². The number of methoxy groups -OCH3 is 1. The van der Waals surface area contributed by atoms with Crippen LogP contribution in [0.2, 0.25) is 0 Å². The maximum Gasteiger partial charge on any atom is 0.396 e. The molecule has 2 aromatic heterocycles. The minimum absolute atomic E-state index is 0.168. The number of esters is 1. The Bertz CT molecular complexity index is 746. The van der Waals surface area contributed by atoms with E-state index in [1.54, 1.807) is 12.3 Å². The maximum absolute atomic E-state index is 11.3. The lowest BCUT2D eigenvalue weighted by molar-refractivity contribution is 0.0556. The number of rotatable bonds is 2. The zero-order valence-corrected chi connectivity index (χ0v) is 10.0. The van der Waals surface area contributed by atoms with Crippen molar-refractivity contribution in [3.05, 3.63) is 42.4 Å². The van der Waals surface area contributed by atoms with Gasteiger partial charge in [0.05, 0.1) is 12.6 Å². The van der Waals surface area contributed by atoms with E-state index in [9.17, 15) is 4.79 Å². The molecule has 94 valence electrons. The molecule has 2 heterocycles. The normalized spacial score (nSPS) is 10.6. The van der Waals surface area contributed by atoms with Gasteiger partial charge in [0, 0.05) is 17.1 Å². The van der Waals surface area contributed by atoms with Crippen molar-refractivity contribution in [3.63, 3.8) is 0 Å². The van der Waals surface area contributed by atoms with Gasteiger partial charge in [0.1, 0.15) is 0 Å². The SMILES string of the molecule is COC(=O)c1nnc(-c2ccnc3ccccc23)o1. The number of carbonyl (C=O) groups is 1. The second-order valence-electron chi connectivity index (χ2n) is 3.78. The van der Waals surface area contributed by atoms with Crippen LogP contribution in [-0.4, -0.2) is 28.3 Å².